The highest BCUT2D eigenvalue weighted by atomic mass is 127. The average molecular weight is 492 g/mol. The molecule has 3 rings (SSSR count). The van der Waals surface area contributed by atoms with Crippen LogP contribution in [-0.4, -0.2) is 17.6 Å². The highest BCUT2D eigenvalue weighted by Gasteiger charge is 2.40. The van der Waals surface area contributed by atoms with Gasteiger partial charge in [0.05, 0.1) is 8.99 Å². The van der Waals surface area contributed by atoms with E-state index in [-0.39, 0.29) is 5.41 Å². The molecule has 2 aromatic carbocycles. The van der Waals surface area contributed by atoms with E-state index in [1.54, 1.807) is 0 Å². The molecule has 0 fully saturated rings. The molecule has 0 saturated carbocycles. The summed E-state index contributed by atoms with van der Waals surface area (Å²) in [5, 5.41) is 0. The summed E-state index contributed by atoms with van der Waals surface area (Å²) >= 11 is 4.73. The molecule has 1 heterocycles. The lowest BCUT2D eigenvalue weighted by molar-refractivity contribution is 0.191. The second kappa shape index (κ2) is 6.09. The summed E-state index contributed by atoms with van der Waals surface area (Å²) in [4.78, 5) is 0. The van der Waals surface area contributed by atoms with Crippen molar-refractivity contribution in [2.75, 3.05) is 17.6 Å². The van der Waals surface area contributed by atoms with Gasteiger partial charge in [-0.15, -0.1) is 0 Å². The Kier molecular flexibility index (Phi) is 4.40. The number of rotatable bonds is 4. The normalized spacial score (nSPS) is 20.3. The van der Waals surface area contributed by atoms with E-state index in [1.807, 2.05) is 30.3 Å². The fourth-order valence-electron chi connectivity index (χ4n) is 2.37. The third-order valence-electron chi connectivity index (χ3n) is 3.56. The van der Waals surface area contributed by atoms with Crippen LogP contribution in [-0.2, 0) is 5.41 Å². The maximum absolute atomic E-state index is 6.08. The van der Waals surface area contributed by atoms with Crippen LogP contribution in [0.1, 0.15) is 5.56 Å². The van der Waals surface area contributed by atoms with Gasteiger partial charge in [-0.3, -0.25) is 0 Å². The first-order valence-corrected chi connectivity index (χ1v) is 9.01. The number of alkyl halides is 1. The van der Waals surface area contributed by atoms with E-state index >= 15 is 0 Å². The fourth-order valence-corrected chi connectivity index (χ4v) is 3.76. The zero-order chi connectivity index (χ0) is 14.0. The first kappa shape index (κ1) is 14.4. The van der Waals surface area contributed by atoms with Crippen LogP contribution in [0.3, 0.4) is 0 Å². The molecule has 0 aromatic heterocycles. The molecule has 1 aliphatic heterocycles. The van der Waals surface area contributed by atoms with Gasteiger partial charge >= 0.3 is 0 Å². The van der Waals surface area contributed by atoms with E-state index in [0.29, 0.717) is 13.2 Å². The van der Waals surface area contributed by atoms with Gasteiger partial charge in [-0.1, -0.05) is 52.9 Å². The number of fused-ring (bicyclic) bond motifs is 1. The molecule has 20 heavy (non-hydrogen) atoms. The maximum Gasteiger partial charge on any atom is 0.132 e. The van der Waals surface area contributed by atoms with Crippen molar-refractivity contribution in [3.05, 3.63) is 57.7 Å². The monoisotopic (exact) mass is 492 g/mol. The van der Waals surface area contributed by atoms with Crippen molar-refractivity contribution in [2.45, 2.75) is 5.41 Å². The Morgan fingerprint density at radius 1 is 1.10 bits per heavy atom. The van der Waals surface area contributed by atoms with Crippen LogP contribution in [0.5, 0.6) is 11.5 Å². The Labute approximate surface area is 146 Å². The van der Waals surface area contributed by atoms with Crippen molar-refractivity contribution < 1.29 is 9.47 Å². The molecule has 1 unspecified atom stereocenters. The molecule has 0 amide bonds. The Bertz CT molecular complexity index is 615. The lowest BCUT2D eigenvalue weighted by Crippen LogP contribution is -2.37. The lowest BCUT2D eigenvalue weighted by atomic mass is 9.85. The minimum absolute atomic E-state index is 0.0456. The van der Waals surface area contributed by atoms with Crippen molar-refractivity contribution in [1.29, 1.82) is 0 Å². The molecule has 2 aromatic rings. The quantitative estimate of drug-likeness (QED) is 0.465. The van der Waals surface area contributed by atoms with Crippen molar-refractivity contribution >= 4 is 45.2 Å². The molecule has 1 aliphatic rings. The summed E-state index contributed by atoms with van der Waals surface area (Å²) in [6.07, 6.45) is 0. The van der Waals surface area contributed by atoms with E-state index < -0.39 is 0 Å². The van der Waals surface area contributed by atoms with E-state index in [2.05, 4.69) is 63.4 Å². The van der Waals surface area contributed by atoms with Crippen molar-refractivity contribution in [3.63, 3.8) is 0 Å². The number of hydrogen-bond acceptors (Lipinski definition) is 2. The molecule has 2 nitrogen and oxygen atoms in total. The third kappa shape index (κ3) is 2.64. The van der Waals surface area contributed by atoms with Gasteiger partial charge in [-0.2, -0.15) is 0 Å². The second-order valence-corrected chi connectivity index (χ2v) is 6.84. The predicted octanol–water partition coefficient (Wildman–Crippen LogP) is 4.44. The fraction of sp³-hybridized carbons (Fsp3) is 0.250. The van der Waals surface area contributed by atoms with Crippen LogP contribution in [0.2, 0.25) is 0 Å². The second-order valence-electron chi connectivity index (χ2n) is 4.92. The third-order valence-corrected chi connectivity index (χ3v) is 5.91. The van der Waals surface area contributed by atoms with Gasteiger partial charge in [0.25, 0.3) is 0 Å². The van der Waals surface area contributed by atoms with Gasteiger partial charge in [0, 0.05) is 9.99 Å². The molecule has 0 spiro atoms. The number of hydrogen-bond donors (Lipinski definition) is 0. The molecule has 0 bridgehead atoms. The Hall–Kier alpha value is -0.500. The molecule has 0 saturated heterocycles. The van der Waals surface area contributed by atoms with E-state index in [0.717, 1.165) is 19.5 Å². The van der Waals surface area contributed by atoms with Crippen LogP contribution < -0.4 is 9.47 Å². The average Bonchev–Trinajstić information content (AvgIpc) is 2.86. The topological polar surface area (TPSA) is 18.5 Å². The molecular weight excluding hydrogens is 478 g/mol. The number of benzene rings is 2. The zero-order valence-corrected chi connectivity index (χ0v) is 15.1. The highest BCUT2D eigenvalue weighted by molar-refractivity contribution is 14.1. The van der Waals surface area contributed by atoms with E-state index in [9.17, 15) is 0 Å². The van der Waals surface area contributed by atoms with Gasteiger partial charge in [-0.25, -0.2) is 0 Å². The molecule has 1 atom stereocenters. The molecule has 0 N–H and O–H groups in total. The smallest absolute Gasteiger partial charge is 0.132 e. The van der Waals surface area contributed by atoms with Crippen LogP contribution in [0.15, 0.2) is 48.5 Å². The van der Waals surface area contributed by atoms with E-state index in [1.165, 1.54) is 5.56 Å². The van der Waals surface area contributed by atoms with Crippen molar-refractivity contribution in [1.82, 2.24) is 0 Å². The molecule has 0 aliphatic carbocycles. The Balaban J connectivity index is 1.84. The minimum Gasteiger partial charge on any atom is -0.492 e. The summed E-state index contributed by atoms with van der Waals surface area (Å²) in [5.41, 5.74) is 1.22. The molecular formula is C16H14I2O2. The zero-order valence-electron chi connectivity index (χ0n) is 10.8. The van der Waals surface area contributed by atoms with Crippen LogP contribution in [0, 0.1) is 3.57 Å². The van der Waals surface area contributed by atoms with Gasteiger partial charge in [0.1, 0.15) is 24.7 Å². The largest absolute Gasteiger partial charge is 0.492 e. The highest BCUT2D eigenvalue weighted by Crippen LogP contribution is 2.40. The minimum atomic E-state index is -0.0456. The summed E-state index contributed by atoms with van der Waals surface area (Å²) in [6.45, 7) is 1.34. The van der Waals surface area contributed by atoms with Gasteiger partial charge < -0.3 is 9.47 Å². The van der Waals surface area contributed by atoms with Gasteiger partial charge in [-0.05, 0) is 40.8 Å². The Morgan fingerprint density at radius 2 is 1.85 bits per heavy atom. The maximum atomic E-state index is 6.08. The summed E-state index contributed by atoms with van der Waals surface area (Å²) in [7, 11) is 0. The van der Waals surface area contributed by atoms with Crippen LogP contribution in [0.4, 0.5) is 0 Å². The molecule has 0 radical (unpaired) electrons. The molecule has 4 heteroatoms. The number of para-hydroxylation sites is 2. The van der Waals surface area contributed by atoms with Gasteiger partial charge in [0.2, 0.25) is 0 Å². The predicted molar refractivity (Wildman–Crippen MR) is 97.2 cm³/mol. The lowest BCUT2D eigenvalue weighted by Gasteiger charge is -2.26. The first-order valence-electron chi connectivity index (χ1n) is 6.41. The summed E-state index contributed by atoms with van der Waals surface area (Å²) < 4.78 is 14.0. The number of halogens is 2. The van der Waals surface area contributed by atoms with Crippen molar-refractivity contribution in [2.24, 2.45) is 0 Å². The van der Waals surface area contributed by atoms with Crippen LogP contribution >= 0.6 is 45.2 Å². The Morgan fingerprint density at radius 3 is 2.65 bits per heavy atom. The SMILES string of the molecule is ICC1(COc2ccccc2I)COc2ccccc21. The summed E-state index contributed by atoms with van der Waals surface area (Å²) in [6, 6.07) is 16.4. The van der Waals surface area contributed by atoms with Gasteiger partial charge in [0.15, 0.2) is 0 Å². The van der Waals surface area contributed by atoms with Crippen LogP contribution in [0.25, 0.3) is 0 Å². The first-order chi connectivity index (χ1) is 9.75. The van der Waals surface area contributed by atoms with Crippen molar-refractivity contribution in [3.8, 4) is 11.5 Å². The number of ether oxygens (including phenoxy) is 2. The summed E-state index contributed by atoms with van der Waals surface area (Å²) in [5.74, 6) is 1.94. The molecule has 104 valence electrons. The van der Waals surface area contributed by atoms with E-state index in [4.69, 9.17) is 9.47 Å². The standard InChI is InChI=1S/C16H14I2O2/c17-9-16(10-19-14-7-3-1-5-12(14)16)11-20-15-8-4-2-6-13(15)18/h1-8H,9-11H2.